The molecule has 0 aliphatic carbocycles. The highest BCUT2D eigenvalue weighted by Crippen LogP contribution is 2.29. The minimum Gasteiger partial charge on any atom is -0.351 e. The second kappa shape index (κ2) is 7.59. The quantitative estimate of drug-likeness (QED) is 0.831. The zero-order valence-electron chi connectivity index (χ0n) is 13.6. The summed E-state index contributed by atoms with van der Waals surface area (Å²) in [6.07, 6.45) is 1.00. The Hall–Kier alpha value is -2.18. The number of carbonyl (C=O) groups is 2. The molecule has 2 heterocycles. The lowest BCUT2D eigenvalue weighted by Gasteiger charge is -2.35. The van der Waals surface area contributed by atoms with E-state index in [-0.39, 0.29) is 6.04 Å². The van der Waals surface area contributed by atoms with Gasteiger partial charge in [0, 0.05) is 31.6 Å². The first-order valence-corrected chi connectivity index (χ1v) is 8.91. The van der Waals surface area contributed by atoms with Gasteiger partial charge in [0.2, 0.25) is 0 Å². The van der Waals surface area contributed by atoms with E-state index in [9.17, 15) is 9.59 Å². The average Bonchev–Trinajstić information content (AvgIpc) is 3.15. The van der Waals surface area contributed by atoms with Gasteiger partial charge in [-0.1, -0.05) is 30.3 Å². The van der Waals surface area contributed by atoms with Gasteiger partial charge >= 0.3 is 11.8 Å². The van der Waals surface area contributed by atoms with Crippen molar-refractivity contribution in [2.75, 3.05) is 20.1 Å². The molecule has 0 unspecified atom stereocenters. The molecule has 0 saturated carbocycles. The molecule has 1 aliphatic rings. The van der Waals surface area contributed by atoms with Crippen LogP contribution in [0.2, 0.25) is 0 Å². The molecule has 2 N–H and O–H groups in total. The van der Waals surface area contributed by atoms with Gasteiger partial charge in [-0.2, -0.15) is 0 Å². The van der Waals surface area contributed by atoms with Crippen molar-refractivity contribution in [3.63, 3.8) is 0 Å². The highest BCUT2D eigenvalue weighted by Gasteiger charge is 2.26. The first-order chi connectivity index (χ1) is 11.7. The van der Waals surface area contributed by atoms with E-state index in [4.69, 9.17) is 0 Å². The summed E-state index contributed by atoms with van der Waals surface area (Å²) < 4.78 is 0. The van der Waals surface area contributed by atoms with Crippen LogP contribution in [-0.4, -0.2) is 36.9 Å². The van der Waals surface area contributed by atoms with Gasteiger partial charge in [0.25, 0.3) is 0 Å². The van der Waals surface area contributed by atoms with E-state index in [0.717, 1.165) is 19.5 Å². The van der Waals surface area contributed by atoms with Gasteiger partial charge in [-0.3, -0.25) is 14.5 Å². The molecule has 126 valence electrons. The highest BCUT2D eigenvalue weighted by atomic mass is 32.1. The first kappa shape index (κ1) is 16.7. The topological polar surface area (TPSA) is 61.4 Å². The maximum atomic E-state index is 11.8. The number of hydrogen-bond donors (Lipinski definition) is 2. The average molecular weight is 343 g/mol. The molecule has 3 rings (SSSR count). The van der Waals surface area contributed by atoms with E-state index in [2.05, 4.69) is 45.9 Å². The third-order valence-corrected chi connectivity index (χ3v) is 5.34. The van der Waals surface area contributed by atoms with Crippen LogP contribution in [0.25, 0.3) is 0 Å². The molecule has 1 aliphatic heterocycles. The number of thiophene rings is 1. The Kier molecular flexibility index (Phi) is 5.27. The smallest absolute Gasteiger partial charge is 0.309 e. The molecule has 0 radical (unpaired) electrons. The normalized spacial score (nSPS) is 15.4. The predicted octanol–water partition coefficient (Wildman–Crippen LogP) is 1.71. The summed E-state index contributed by atoms with van der Waals surface area (Å²) in [6, 6.07) is 12.7. The Morgan fingerprint density at radius 3 is 2.67 bits per heavy atom. The standard InChI is InChI=1S/C18H21N3O2S/c1-19-17(22)18(23)20-11-15(16-7-4-10-24-16)21-9-8-13-5-2-3-6-14(13)12-21/h2-7,10,15H,8-9,11-12H2,1H3,(H,19,22)(H,20,23)/t15-/m1/s1. The van der Waals surface area contributed by atoms with E-state index in [1.807, 2.05) is 11.4 Å². The summed E-state index contributed by atoms with van der Waals surface area (Å²) in [7, 11) is 1.46. The third-order valence-electron chi connectivity index (χ3n) is 4.36. The van der Waals surface area contributed by atoms with Gasteiger partial charge in [-0.15, -0.1) is 11.3 Å². The van der Waals surface area contributed by atoms with Crippen LogP contribution in [0.3, 0.4) is 0 Å². The van der Waals surface area contributed by atoms with Gasteiger partial charge in [0.15, 0.2) is 0 Å². The molecule has 2 aromatic rings. The molecule has 0 fully saturated rings. The van der Waals surface area contributed by atoms with E-state index in [0.29, 0.717) is 6.54 Å². The molecule has 1 aromatic carbocycles. The molecule has 6 heteroatoms. The van der Waals surface area contributed by atoms with E-state index >= 15 is 0 Å². The molecule has 0 saturated heterocycles. The van der Waals surface area contributed by atoms with Gasteiger partial charge in [0.05, 0.1) is 6.04 Å². The lowest BCUT2D eigenvalue weighted by atomic mass is 9.98. The van der Waals surface area contributed by atoms with Crippen LogP contribution in [0.1, 0.15) is 22.0 Å². The zero-order valence-corrected chi connectivity index (χ0v) is 14.4. The molecule has 0 bridgehead atoms. The second-order valence-electron chi connectivity index (χ2n) is 5.81. The van der Waals surface area contributed by atoms with E-state index < -0.39 is 11.8 Å². The summed E-state index contributed by atoms with van der Waals surface area (Å²) in [4.78, 5) is 26.8. The molecule has 1 aromatic heterocycles. The van der Waals surface area contributed by atoms with Crippen molar-refractivity contribution >= 4 is 23.2 Å². The largest absolute Gasteiger partial charge is 0.351 e. The van der Waals surface area contributed by atoms with Crippen LogP contribution < -0.4 is 10.6 Å². The van der Waals surface area contributed by atoms with Crippen molar-refractivity contribution in [1.29, 1.82) is 0 Å². The Bertz CT molecular complexity index is 715. The molecule has 5 nitrogen and oxygen atoms in total. The van der Waals surface area contributed by atoms with Crippen LogP contribution in [0.4, 0.5) is 0 Å². The number of benzene rings is 1. The molecule has 2 amide bonds. The minimum atomic E-state index is -0.607. The van der Waals surface area contributed by atoms with Crippen molar-refractivity contribution in [3.05, 3.63) is 57.8 Å². The second-order valence-corrected chi connectivity index (χ2v) is 6.79. The molecular formula is C18H21N3O2S. The third kappa shape index (κ3) is 3.66. The van der Waals surface area contributed by atoms with Gasteiger partial charge in [-0.25, -0.2) is 0 Å². The zero-order chi connectivity index (χ0) is 16.9. The fraction of sp³-hybridized carbons (Fsp3) is 0.333. The Balaban J connectivity index is 1.74. The van der Waals surface area contributed by atoms with Crippen LogP contribution >= 0.6 is 11.3 Å². The van der Waals surface area contributed by atoms with Crippen LogP contribution in [0, 0.1) is 0 Å². The van der Waals surface area contributed by atoms with Crippen molar-refractivity contribution in [2.24, 2.45) is 0 Å². The lowest BCUT2D eigenvalue weighted by molar-refractivity contribution is -0.139. The summed E-state index contributed by atoms with van der Waals surface area (Å²) in [5, 5.41) is 7.15. The predicted molar refractivity (Wildman–Crippen MR) is 94.7 cm³/mol. The Morgan fingerprint density at radius 1 is 1.17 bits per heavy atom. The van der Waals surface area contributed by atoms with Crippen LogP contribution in [-0.2, 0) is 22.6 Å². The van der Waals surface area contributed by atoms with Crippen molar-refractivity contribution in [1.82, 2.24) is 15.5 Å². The lowest BCUT2D eigenvalue weighted by Crippen LogP contribution is -2.44. The number of hydrogen-bond acceptors (Lipinski definition) is 4. The number of carbonyl (C=O) groups excluding carboxylic acids is 2. The van der Waals surface area contributed by atoms with Crippen molar-refractivity contribution < 1.29 is 9.59 Å². The SMILES string of the molecule is CNC(=O)C(=O)NC[C@H](c1cccs1)N1CCc2ccccc2C1. The molecule has 24 heavy (non-hydrogen) atoms. The fourth-order valence-electron chi connectivity index (χ4n) is 3.06. The minimum absolute atomic E-state index is 0.0759. The number of amides is 2. The van der Waals surface area contributed by atoms with Crippen molar-refractivity contribution in [3.8, 4) is 0 Å². The highest BCUT2D eigenvalue weighted by molar-refractivity contribution is 7.10. The van der Waals surface area contributed by atoms with Gasteiger partial charge < -0.3 is 10.6 Å². The number of fused-ring (bicyclic) bond motifs is 1. The number of nitrogens with one attached hydrogen (secondary N) is 2. The van der Waals surface area contributed by atoms with Crippen molar-refractivity contribution in [2.45, 2.75) is 19.0 Å². The van der Waals surface area contributed by atoms with Gasteiger partial charge in [0.1, 0.15) is 0 Å². The van der Waals surface area contributed by atoms with E-state index in [1.165, 1.54) is 23.1 Å². The fourth-order valence-corrected chi connectivity index (χ4v) is 3.92. The van der Waals surface area contributed by atoms with Gasteiger partial charge in [-0.05, 0) is 29.0 Å². The number of rotatable bonds is 4. The monoisotopic (exact) mass is 343 g/mol. The number of likely N-dealkylation sites (N-methyl/N-ethyl adjacent to an activating group) is 1. The molecule has 0 spiro atoms. The Morgan fingerprint density at radius 2 is 1.96 bits per heavy atom. The van der Waals surface area contributed by atoms with E-state index in [1.54, 1.807) is 11.3 Å². The summed E-state index contributed by atoms with van der Waals surface area (Å²) in [5.41, 5.74) is 2.73. The maximum absolute atomic E-state index is 11.8. The Labute approximate surface area is 145 Å². The van der Waals surface area contributed by atoms with Crippen LogP contribution in [0.15, 0.2) is 41.8 Å². The summed E-state index contributed by atoms with van der Waals surface area (Å²) in [6.45, 7) is 2.22. The number of nitrogens with zero attached hydrogens (tertiary/aromatic N) is 1. The van der Waals surface area contributed by atoms with Crippen LogP contribution in [0.5, 0.6) is 0 Å². The molecular weight excluding hydrogens is 322 g/mol. The summed E-state index contributed by atoms with van der Waals surface area (Å²) >= 11 is 1.68. The first-order valence-electron chi connectivity index (χ1n) is 8.03. The molecule has 1 atom stereocenters. The summed E-state index contributed by atoms with van der Waals surface area (Å²) in [5.74, 6) is -1.19. The maximum Gasteiger partial charge on any atom is 0.309 e.